The van der Waals surface area contributed by atoms with Crippen LogP contribution in [0.1, 0.15) is 48.7 Å². The highest BCUT2D eigenvalue weighted by molar-refractivity contribution is 5.97. The van der Waals surface area contributed by atoms with Gasteiger partial charge >= 0.3 is 0 Å². The molecule has 116 valence electrons. The largest absolute Gasteiger partial charge is 0.349 e. The standard InChI is InChI=1S/C17H21N3O2/c1-3-20-10-14(17(22)19-12-6-4-5-7-12)15(21)13-9-8-11(2)18-16(13)20/h8-10,12H,3-7H2,1-2H3,(H,19,22). The van der Waals surface area contributed by atoms with Crippen molar-refractivity contribution >= 4 is 16.9 Å². The maximum atomic E-state index is 12.6. The molecule has 0 atom stereocenters. The lowest BCUT2D eigenvalue weighted by molar-refractivity contribution is 0.0936. The molecule has 2 aromatic heterocycles. The van der Waals surface area contributed by atoms with Crippen LogP contribution in [-0.4, -0.2) is 21.5 Å². The second-order valence-corrected chi connectivity index (χ2v) is 5.94. The lowest BCUT2D eigenvalue weighted by Gasteiger charge is -2.14. The number of carbonyl (C=O) groups is 1. The Kier molecular flexibility index (Phi) is 3.96. The number of rotatable bonds is 3. The molecule has 0 aromatic carbocycles. The second kappa shape index (κ2) is 5.91. The molecule has 1 amide bonds. The summed E-state index contributed by atoms with van der Waals surface area (Å²) in [6.45, 7) is 4.54. The van der Waals surface area contributed by atoms with Gasteiger partial charge in [0.2, 0.25) is 5.43 Å². The van der Waals surface area contributed by atoms with E-state index in [1.54, 1.807) is 12.3 Å². The molecule has 0 unspecified atom stereocenters. The summed E-state index contributed by atoms with van der Waals surface area (Å²) in [5.74, 6) is -0.262. The number of hydrogen-bond donors (Lipinski definition) is 1. The van der Waals surface area contributed by atoms with Crippen LogP contribution >= 0.6 is 0 Å². The molecule has 22 heavy (non-hydrogen) atoms. The first-order valence-electron chi connectivity index (χ1n) is 7.92. The van der Waals surface area contributed by atoms with Gasteiger partial charge in [-0.15, -0.1) is 0 Å². The molecular weight excluding hydrogens is 278 g/mol. The first-order valence-corrected chi connectivity index (χ1v) is 7.92. The van der Waals surface area contributed by atoms with E-state index in [-0.39, 0.29) is 22.9 Å². The minimum absolute atomic E-state index is 0.203. The van der Waals surface area contributed by atoms with E-state index in [1.807, 2.05) is 24.5 Å². The molecule has 3 rings (SSSR count). The zero-order valence-electron chi connectivity index (χ0n) is 13.1. The van der Waals surface area contributed by atoms with Gasteiger partial charge in [-0.1, -0.05) is 12.8 Å². The first kappa shape index (κ1) is 14.8. The molecule has 5 heteroatoms. The Labute approximate surface area is 129 Å². The van der Waals surface area contributed by atoms with Crippen LogP contribution in [0.4, 0.5) is 0 Å². The number of aromatic nitrogens is 2. The topological polar surface area (TPSA) is 64.0 Å². The van der Waals surface area contributed by atoms with Crippen molar-refractivity contribution in [2.75, 3.05) is 0 Å². The molecule has 1 aliphatic rings. The van der Waals surface area contributed by atoms with E-state index >= 15 is 0 Å². The number of carbonyl (C=O) groups excluding carboxylic acids is 1. The molecule has 1 N–H and O–H groups in total. The number of fused-ring (bicyclic) bond motifs is 1. The SMILES string of the molecule is CCn1cc(C(=O)NC2CCCC2)c(=O)c2ccc(C)nc21. The van der Waals surface area contributed by atoms with Crippen LogP contribution in [-0.2, 0) is 6.54 Å². The molecule has 5 nitrogen and oxygen atoms in total. The average molecular weight is 299 g/mol. The van der Waals surface area contributed by atoms with Crippen molar-refractivity contribution < 1.29 is 4.79 Å². The highest BCUT2D eigenvalue weighted by Gasteiger charge is 2.21. The Hall–Kier alpha value is -2.17. The molecule has 2 heterocycles. The van der Waals surface area contributed by atoms with Crippen molar-refractivity contribution in [3.8, 4) is 0 Å². The zero-order chi connectivity index (χ0) is 15.7. The molecule has 2 aromatic rings. The molecule has 1 aliphatic carbocycles. The molecule has 0 aliphatic heterocycles. The van der Waals surface area contributed by atoms with Crippen LogP contribution < -0.4 is 10.7 Å². The maximum absolute atomic E-state index is 12.6. The van der Waals surface area contributed by atoms with Crippen LogP contribution in [0.2, 0.25) is 0 Å². The van der Waals surface area contributed by atoms with Gasteiger partial charge in [-0.3, -0.25) is 9.59 Å². The molecular formula is C17H21N3O2. The van der Waals surface area contributed by atoms with E-state index in [2.05, 4.69) is 10.3 Å². The van der Waals surface area contributed by atoms with E-state index in [0.29, 0.717) is 17.6 Å². The molecule has 1 saturated carbocycles. The van der Waals surface area contributed by atoms with Crippen molar-refractivity contribution in [1.29, 1.82) is 0 Å². The Balaban J connectivity index is 2.06. The van der Waals surface area contributed by atoms with Gasteiger partial charge in [-0.2, -0.15) is 0 Å². The maximum Gasteiger partial charge on any atom is 0.256 e. The summed E-state index contributed by atoms with van der Waals surface area (Å²) in [5, 5.41) is 3.50. The van der Waals surface area contributed by atoms with Crippen molar-refractivity contribution in [2.45, 2.75) is 52.1 Å². The third-order valence-electron chi connectivity index (χ3n) is 4.34. The van der Waals surface area contributed by atoms with E-state index < -0.39 is 0 Å². The fourth-order valence-electron chi connectivity index (χ4n) is 3.10. The molecule has 0 radical (unpaired) electrons. The summed E-state index contributed by atoms with van der Waals surface area (Å²) in [5.41, 5.74) is 1.48. The minimum Gasteiger partial charge on any atom is -0.349 e. The van der Waals surface area contributed by atoms with Crippen molar-refractivity contribution in [3.63, 3.8) is 0 Å². The number of nitrogens with zero attached hydrogens (tertiary/aromatic N) is 2. The van der Waals surface area contributed by atoms with Crippen molar-refractivity contribution in [3.05, 3.63) is 39.8 Å². The minimum atomic E-state index is -0.262. The van der Waals surface area contributed by atoms with Gasteiger partial charge in [-0.05, 0) is 38.8 Å². The van der Waals surface area contributed by atoms with Gasteiger partial charge in [0.25, 0.3) is 5.91 Å². The van der Waals surface area contributed by atoms with Crippen molar-refractivity contribution in [1.82, 2.24) is 14.9 Å². The van der Waals surface area contributed by atoms with E-state index in [1.165, 1.54) is 0 Å². The highest BCUT2D eigenvalue weighted by Crippen LogP contribution is 2.18. The van der Waals surface area contributed by atoms with Crippen LogP contribution in [0.5, 0.6) is 0 Å². The third kappa shape index (κ3) is 2.63. The van der Waals surface area contributed by atoms with E-state index in [9.17, 15) is 9.59 Å². The monoisotopic (exact) mass is 299 g/mol. The fourth-order valence-corrected chi connectivity index (χ4v) is 3.10. The first-order chi connectivity index (χ1) is 10.6. The fraction of sp³-hybridized carbons (Fsp3) is 0.471. The van der Waals surface area contributed by atoms with Gasteiger partial charge in [0.15, 0.2) is 0 Å². The number of hydrogen-bond acceptors (Lipinski definition) is 3. The summed E-state index contributed by atoms with van der Waals surface area (Å²) in [6.07, 6.45) is 5.93. The Bertz CT molecular complexity index is 773. The predicted molar refractivity (Wildman–Crippen MR) is 86.1 cm³/mol. The quantitative estimate of drug-likeness (QED) is 0.946. The van der Waals surface area contributed by atoms with Crippen LogP contribution in [0.3, 0.4) is 0 Å². The van der Waals surface area contributed by atoms with Gasteiger partial charge in [0, 0.05) is 24.5 Å². The predicted octanol–water partition coefficient (Wildman–Crippen LogP) is 2.40. The molecule has 1 fully saturated rings. The molecule has 0 bridgehead atoms. The van der Waals surface area contributed by atoms with Crippen LogP contribution in [0.15, 0.2) is 23.1 Å². The van der Waals surface area contributed by atoms with Gasteiger partial charge in [-0.25, -0.2) is 4.98 Å². The Morgan fingerprint density at radius 1 is 1.36 bits per heavy atom. The third-order valence-corrected chi connectivity index (χ3v) is 4.34. The van der Waals surface area contributed by atoms with Crippen molar-refractivity contribution in [2.24, 2.45) is 0 Å². The summed E-state index contributed by atoms with van der Waals surface area (Å²) in [4.78, 5) is 29.5. The van der Waals surface area contributed by atoms with E-state index in [0.717, 1.165) is 31.4 Å². The summed E-state index contributed by atoms with van der Waals surface area (Å²) in [7, 11) is 0. The number of aryl methyl sites for hydroxylation is 2. The van der Waals surface area contributed by atoms with Gasteiger partial charge in [0.1, 0.15) is 11.2 Å². The molecule has 0 spiro atoms. The van der Waals surface area contributed by atoms with E-state index in [4.69, 9.17) is 0 Å². The lowest BCUT2D eigenvalue weighted by Crippen LogP contribution is -2.36. The summed E-state index contributed by atoms with van der Waals surface area (Å²) in [6, 6.07) is 3.77. The lowest BCUT2D eigenvalue weighted by atomic mass is 10.1. The average Bonchev–Trinajstić information content (AvgIpc) is 3.00. The van der Waals surface area contributed by atoms with Gasteiger partial charge in [0.05, 0.1) is 5.39 Å². The Morgan fingerprint density at radius 2 is 2.09 bits per heavy atom. The highest BCUT2D eigenvalue weighted by atomic mass is 16.2. The van der Waals surface area contributed by atoms with Crippen LogP contribution in [0, 0.1) is 6.92 Å². The number of pyridine rings is 2. The summed E-state index contributed by atoms with van der Waals surface area (Å²) < 4.78 is 1.87. The molecule has 0 saturated heterocycles. The second-order valence-electron chi connectivity index (χ2n) is 5.94. The summed E-state index contributed by atoms with van der Waals surface area (Å²) >= 11 is 0. The van der Waals surface area contributed by atoms with Crippen LogP contribution in [0.25, 0.3) is 11.0 Å². The number of amides is 1. The zero-order valence-corrected chi connectivity index (χ0v) is 13.1. The normalized spacial score (nSPS) is 15.4. The smallest absolute Gasteiger partial charge is 0.256 e. The number of nitrogens with one attached hydrogen (secondary N) is 1. The Morgan fingerprint density at radius 3 is 2.77 bits per heavy atom. The van der Waals surface area contributed by atoms with Gasteiger partial charge < -0.3 is 9.88 Å².